The second kappa shape index (κ2) is 13.1. The second-order valence-electron chi connectivity index (χ2n) is 12.6. The van der Waals surface area contributed by atoms with E-state index in [0.29, 0.717) is 39.0 Å². The van der Waals surface area contributed by atoms with Crippen LogP contribution < -0.4 is 10.6 Å². The summed E-state index contributed by atoms with van der Waals surface area (Å²) in [7, 11) is 0. The highest BCUT2D eigenvalue weighted by Crippen LogP contribution is 2.45. The number of aliphatic carboxylic acids is 1. The number of allylic oxidation sites excluding steroid dienone is 1. The highest BCUT2D eigenvalue weighted by Gasteiger charge is 2.61. The third kappa shape index (κ3) is 6.77. The van der Waals surface area contributed by atoms with Gasteiger partial charge in [0.15, 0.2) is 0 Å². The zero-order chi connectivity index (χ0) is 31.6. The molecule has 0 aromatic heterocycles. The van der Waals surface area contributed by atoms with E-state index in [-0.39, 0.29) is 31.9 Å². The van der Waals surface area contributed by atoms with E-state index in [1.54, 1.807) is 4.90 Å². The summed E-state index contributed by atoms with van der Waals surface area (Å²) in [5, 5.41) is 15.5. The average molecular weight is 625 g/mol. The molecule has 1 aromatic rings. The van der Waals surface area contributed by atoms with Crippen LogP contribution in [0.25, 0.3) is 0 Å². The third-order valence-corrected chi connectivity index (χ3v) is 9.44. The lowest BCUT2D eigenvalue weighted by Gasteiger charge is -2.29. The molecule has 45 heavy (non-hydrogen) atoms. The van der Waals surface area contributed by atoms with E-state index in [2.05, 4.69) is 10.6 Å². The number of amides is 4. The van der Waals surface area contributed by atoms with Gasteiger partial charge in [-0.05, 0) is 36.8 Å². The van der Waals surface area contributed by atoms with Crippen LogP contribution in [0.3, 0.4) is 0 Å². The molecule has 13 heteroatoms. The smallest absolute Gasteiger partial charge is 0.410 e. The summed E-state index contributed by atoms with van der Waals surface area (Å²) in [5.74, 6) is -2.64. The van der Waals surface area contributed by atoms with Crippen LogP contribution in [0.4, 0.5) is 9.59 Å². The molecule has 4 aliphatic heterocycles. The second-order valence-corrected chi connectivity index (χ2v) is 12.6. The first kappa shape index (κ1) is 30.9. The summed E-state index contributed by atoms with van der Waals surface area (Å²) < 4.78 is 16.6. The van der Waals surface area contributed by atoms with Crippen LogP contribution in [0.1, 0.15) is 62.5 Å². The van der Waals surface area contributed by atoms with Crippen molar-refractivity contribution in [3.63, 3.8) is 0 Å². The molecular weight excluding hydrogens is 584 g/mol. The zero-order valence-corrected chi connectivity index (χ0v) is 25.2. The van der Waals surface area contributed by atoms with Gasteiger partial charge in [-0.15, -0.1) is 0 Å². The van der Waals surface area contributed by atoms with Crippen LogP contribution in [0.15, 0.2) is 36.4 Å². The lowest BCUT2D eigenvalue weighted by Crippen LogP contribution is -2.56. The maximum absolute atomic E-state index is 14.1. The minimum Gasteiger partial charge on any atom is -0.479 e. The molecule has 242 valence electrons. The lowest BCUT2D eigenvalue weighted by atomic mass is 10.0. The Morgan fingerprint density at radius 3 is 2.51 bits per heavy atom. The van der Waals surface area contributed by atoms with E-state index in [1.165, 1.54) is 4.90 Å². The summed E-state index contributed by atoms with van der Waals surface area (Å²) in [6, 6.07) is 5.64. The van der Waals surface area contributed by atoms with Crippen molar-refractivity contribution in [3.05, 3.63) is 47.5 Å². The van der Waals surface area contributed by atoms with E-state index in [9.17, 15) is 29.1 Å². The number of hydrogen-bond donors (Lipinski definition) is 3. The number of nitrogens with one attached hydrogen (secondary N) is 2. The Morgan fingerprint density at radius 2 is 1.80 bits per heavy atom. The number of carbonyl (C=O) groups excluding carboxylic acids is 4. The average Bonchev–Trinajstić information content (AvgIpc) is 3.43. The van der Waals surface area contributed by atoms with E-state index >= 15 is 0 Å². The first-order valence-electron chi connectivity index (χ1n) is 15.8. The fourth-order valence-corrected chi connectivity index (χ4v) is 6.76. The fourth-order valence-electron chi connectivity index (χ4n) is 6.76. The van der Waals surface area contributed by atoms with Gasteiger partial charge in [0.2, 0.25) is 11.8 Å². The molecule has 2 saturated heterocycles. The molecular formula is C32H40N4O9. The standard InChI is InChI=1S/C32H40N4O9/c37-27-26-14-24(45-31(42)35-16-20-8-6-7-9-21(20)17-35)18-36(26)28(38)25(33-30(41)44-23-12-13-43-19-23)11-5-3-1-2-4-10-22-15-32(22,34-27)29(39)40/h4,6-10,22-26H,1-3,5,11-19H2,(H,33,41)(H,34,37)(H,39,40)/b10-4-/t22-,23?,24-,25+,26+,32-/m1/s1. The molecule has 1 aliphatic carbocycles. The van der Waals surface area contributed by atoms with Crippen molar-refractivity contribution in [2.45, 2.75) is 94.3 Å². The van der Waals surface area contributed by atoms with Crippen molar-refractivity contribution in [1.82, 2.24) is 20.4 Å². The monoisotopic (exact) mass is 624 g/mol. The first-order chi connectivity index (χ1) is 21.7. The van der Waals surface area contributed by atoms with Crippen molar-refractivity contribution >= 4 is 30.0 Å². The molecule has 1 unspecified atom stereocenters. The topological polar surface area (TPSA) is 164 Å². The number of carboxylic acids is 1. The van der Waals surface area contributed by atoms with Crippen LogP contribution in [0.5, 0.6) is 0 Å². The summed E-state index contributed by atoms with van der Waals surface area (Å²) in [4.78, 5) is 69.0. The van der Waals surface area contributed by atoms with Gasteiger partial charge in [0.25, 0.3) is 0 Å². The van der Waals surface area contributed by atoms with Gasteiger partial charge in [-0.1, -0.05) is 49.3 Å². The van der Waals surface area contributed by atoms with E-state index in [4.69, 9.17) is 14.2 Å². The first-order valence-corrected chi connectivity index (χ1v) is 15.8. The van der Waals surface area contributed by atoms with Crippen LogP contribution in [-0.4, -0.2) is 94.5 Å². The van der Waals surface area contributed by atoms with Gasteiger partial charge < -0.3 is 34.9 Å². The molecule has 1 aromatic carbocycles. The van der Waals surface area contributed by atoms with Crippen molar-refractivity contribution in [3.8, 4) is 0 Å². The van der Waals surface area contributed by atoms with Crippen molar-refractivity contribution < 1.29 is 43.3 Å². The molecule has 5 aliphatic rings. The van der Waals surface area contributed by atoms with E-state index in [1.807, 2.05) is 36.4 Å². The number of nitrogens with zero attached hydrogens (tertiary/aromatic N) is 2. The third-order valence-electron chi connectivity index (χ3n) is 9.44. The molecule has 6 atom stereocenters. The van der Waals surface area contributed by atoms with Gasteiger partial charge in [-0.3, -0.25) is 14.5 Å². The van der Waals surface area contributed by atoms with Gasteiger partial charge in [0, 0.05) is 31.8 Å². The van der Waals surface area contributed by atoms with E-state index < -0.39 is 59.8 Å². The Balaban J connectivity index is 1.20. The van der Waals surface area contributed by atoms with Crippen LogP contribution in [-0.2, 0) is 41.7 Å². The highest BCUT2D eigenvalue weighted by atomic mass is 16.6. The maximum Gasteiger partial charge on any atom is 0.410 e. The Morgan fingerprint density at radius 1 is 1.02 bits per heavy atom. The van der Waals surface area contributed by atoms with Gasteiger partial charge in [0.05, 0.1) is 19.8 Å². The molecule has 13 nitrogen and oxygen atoms in total. The van der Waals surface area contributed by atoms with Gasteiger partial charge >= 0.3 is 18.2 Å². The Labute approximate surface area is 261 Å². The molecule has 0 bridgehead atoms. The van der Waals surface area contributed by atoms with Crippen LogP contribution in [0.2, 0.25) is 0 Å². The number of rotatable bonds is 4. The molecule has 6 rings (SSSR count). The van der Waals surface area contributed by atoms with Gasteiger partial charge in [-0.25, -0.2) is 14.4 Å². The van der Waals surface area contributed by atoms with Crippen LogP contribution >= 0.6 is 0 Å². The Kier molecular flexibility index (Phi) is 8.97. The highest BCUT2D eigenvalue weighted by molar-refractivity contribution is 5.96. The van der Waals surface area contributed by atoms with Gasteiger partial charge in [-0.2, -0.15) is 0 Å². The molecule has 3 fully saturated rings. The lowest BCUT2D eigenvalue weighted by molar-refractivity contribution is -0.145. The normalized spacial score (nSPS) is 32.2. The van der Waals surface area contributed by atoms with E-state index in [0.717, 1.165) is 30.4 Å². The predicted octanol–water partition coefficient (Wildman–Crippen LogP) is 2.47. The van der Waals surface area contributed by atoms with Crippen molar-refractivity contribution in [1.29, 1.82) is 0 Å². The summed E-state index contributed by atoms with van der Waals surface area (Å²) in [6.07, 6.45) is 5.39. The molecule has 4 heterocycles. The zero-order valence-electron chi connectivity index (χ0n) is 25.2. The molecule has 4 amide bonds. The maximum atomic E-state index is 14.1. The number of benzene rings is 1. The summed E-state index contributed by atoms with van der Waals surface area (Å²) in [5.41, 5.74) is 0.601. The molecule has 1 saturated carbocycles. The molecule has 0 radical (unpaired) electrons. The quantitative estimate of drug-likeness (QED) is 0.427. The Bertz CT molecular complexity index is 1340. The number of ether oxygens (including phenoxy) is 3. The van der Waals surface area contributed by atoms with Gasteiger partial charge in [0.1, 0.15) is 29.8 Å². The van der Waals surface area contributed by atoms with Crippen LogP contribution in [0, 0.1) is 5.92 Å². The number of fused-ring (bicyclic) bond motifs is 3. The SMILES string of the molecule is O=C(N[C@H]1CCCCC/C=C\[C@@H]2C[C@@]2(C(=O)O)NC(=O)[C@@H]2C[C@@H](OC(=O)N3Cc4ccccc4C3)CN2C1=O)OC1CCOC1. The molecule has 0 spiro atoms. The predicted molar refractivity (Wildman–Crippen MR) is 158 cm³/mol. The van der Waals surface area contributed by atoms with Crippen molar-refractivity contribution in [2.24, 2.45) is 5.92 Å². The Hall–Kier alpha value is -4.13. The van der Waals surface area contributed by atoms with Crippen molar-refractivity contribution in [2.75, 3.05) is 19.8 Å². The minimum absolute atomic E-state index is 0.00309. The number of alkyl carbamates (subject to hydrolysis) is 1. The number of hydrogen-bond acceptors (Lipinski definition) is 8. The minimum atomic E-state index is -1.45. The molecule has 3 N–H and O–H groups in total. The summed E-state index contributed by atoms with van der Waals surface area (Å²) in [6.45, 7) is 1.49. The number of carboxylic acid groups (broad SMARTS) is 1. The summed E-state index contributed by atoms with van der Waals surface area (Å²) >= 11 is 0. The largest absolute Gasteiger partial charge is 0.479 e. The number of carbonyl (C=O) groups is 5. The fraction of sp³-hybridized carbons (Fsp3) is 0.594.